The lowest BCUT2D eigenvalue weighted by molar-refractivity contribution is 0.341. The number of hydrogen-bond donors (Lipinski definition) is 1. The van der Waals surface area contributed by atoms with Crippen LogP contribution >= 0.6 is 23.2 Å². The molecule has 0 radical (unpaired) electrons. The quantitative estimate of drug-likeness (QED) is 0.403. The molecule has 0 unspecified atom stereocenters. The Morgan fingerprint density at radius 3 is 2.56 bits per heavy atom. The number of nitrogens with zero attached hydrogens (tertiary/aromatic N) is 4. The summed E-state index contributed by atoms with van der Waals surface area (Å²) in [5.74, 6) is 0.722. The molecule has 1 aliphatic heterocycles. The molecule has 2 heterocycles. The molecule has 0 saturated carbocycles. The van der Waals surface area contributed by atoms with Gasteiger partial charge in [0.05, 0.1) is 35.0 Å². The molecule has 1 N–H and O–H groups in total. The van der Waals surface area contributed by atoms with E-state index in [4.69, 9.17) is 27.9 Å². The van der Waals surface area contributed by atoms with Crippen molar-refractivity contribution in [3.05, 3.63) is 75.6 Å². The van der Waals surface area contributed by atoms with Crippen molar-refractivity contribution in [2.75, 3.05) is 28.4 Å². The number of nitriles is 1. The Labute approximate surface area is 220 Å². The van der Waals surface area contributed by atoms with Crippen molar-refractivity contribution < 1.29 is 13.2 Å². The number of sulfonamides is 1. The minimum Gasteiger partial charge on any atom is -0.489 e. The third-order valence-corrected chi connectivity index (χ3v) is 7.08. The highest BCUT2D eigenvalue weighted by Crippen LogP contribution is 2.39. The minimum atomic E-state index is -3.44. The molecule has 0 aliphatic carbocycles. The van der Waals surface area contributed by atoms with E-state index in [1.54, 1.807) is 12.3 Å². The summed E-state index contributed by atoms with van der Waals surface area (Å²) in [6.45, 7) is 5.59. The Hall–Kier alpha value is -3.06. The van der Waals surface area contributed by atoms with E-state index in [9.17, 15) is 13.7 Å². The van der Waals surface area contributed by atoms with Crippen molar-refractivity contribution in [3.63, 3.8) is 0 Å². The SMILES string of the molecule is CC(C)(c1ccc(N2Cc3cnc(NS(C)(=O)=O)nc3C2)cc1)c1cc(Cl)c(OCCCl)c(C#N)c1. The number of anilines is 2. The summed E-state index contributed by atoms with van der Waals surface area (Å²) in [6.07, 6.45) is 2.72. The van der Waals surface area contributed by atoms with E-state index in [2.05, 4.69) is 51.6 Å². The molecule has 188 valence electrons. The molecule has 0 spiro atoms. The Morgan fingerprint density at radius 2 is 1.92 bits per heavy atom. The first-order valence-electron chi connectivity index (χ1n) is 11.1. The van der Waals surface area contributed by atoms with Crippen molar-refractivity contribution in [2.45, 2.75) is 32.4 Å². The lowest BCUT2D eigenvalue weighted by Crippen LogP contribution is -2.20. The van der Waals surface area contributed by atoms with Gasteiger partial charge in [-0.25, -0.2) is 18.4 Å². The van der Waals surface area contributed by atoms with E-state index in [1.807, 2.05) is 18.2 Å². The van der Waals surface area contributed by atoms with E-state index in [0.29, 0.717) is 35.3 Å². The predicted molar refractivity (Wildman–Crippen MR) is 141 cm³/mol. The molecule has 4 rings (SSSR count). The van der Waals surface area contributed by atoms with Gasteiger partial charge in [0.15, 0.2) is 5.75 Å². The van der Waals surface area contributed by atoms with Crippen LogP contribution in [-0.2, 0) is 28.5 Å². The van der Waals surface area contributed by atoms with Crippen LogP contribution in [0.3, 0.4) is 0 Å². The largest absolute Gasteiger partial charge is 0.489 e. The monoisotopic (exact) mass is 545 g/mol. The molecule has 2 aromatic carbocycles. The smallest absolute Gasteiger partial charge is 0.236 e. The Bertz CT molecular complexity index is 1440. The number of rotatable bonds is 8. The molecule has 36 heavy (non-hydrogen) atoms. The molecule has 0 atom stereocenters. The van der Waals surface area contributed by atoms with E-state index in [-0.39, 0.29) is 12.6 Å². The predicted octanol–water partition coefficient (Wildman–Crippen LogP) is 4.84. The van der Waals surface area contributed by atoms with E-state index in [1.165, 1.54) is 0 Å². The van der Waals surface area contributed by atoms with Crippen LogP contribution in [0.5, 0.6) is 5.75 Å². The zero-order chi connectivity index (χ0) is 26.1. The third-order valence-electron chi connectivity index (χ3n) is 6.10. The maximum Gasteiger partial charge on any atom is 0.236 e. The highest BCUT2D eigenvalue weighted by Gasteiger charge is 2.27. The summed E-state index contributed by atoms with van der Waals surface area (Å²) in [6, 6.07) is 14.0. The molecule has 3 aromatic rings. The second-order valence-corrected chi connectivity index (χ2v) is 11.6. The molecule has 0 fully saturated rings. The first-order chi connectivity index (χ1) is 17.0. The van der Waals surface area contributed by atoms with Crippen molar-refractivity contribution in [1.82, 2.24) is 9.97 Å². The van der Waals surface area contributed by atoms with E-state index < -0.39 is 15.4 Å². The average molecular weight is 546 g/mol. The fourth-order valence-electron chi connectivity index (χ4n) is 4.13. The number of nitrogens with one attached hydrogen (secondary N) is 1. The first kappa shape index (κ1) is 26.0. The van der Waals surface area contributed by atoms with Crippen molar-refractivity contribution >= 4 is 44.9 Å². The number of fused-ring (bicyclic) bond motifs is 1. The number of halogens is 2. The van der Waals surface area contributed by atoms with Gasteiger partial charge in [0, 0.05) is 29.4 Å². The van der Waals surface area contributed by atoms with Crippen LogP contribution < -0.4 is 14.4 Å². The Kier molecular flexibility index (Phi) is 7.32. The fraction of sp³-hybridized carbons (Fsp3) is 0.320. The van der Waals surface area contributed by atoms with Gasteiger partial charge in [0.2, 0.25) is 16.0 Å². The molecular formula is C25H25Cl2N5O3S. The summed E-state index contributed by atoms with van der Waals surface area (Å²) >= 11 is 12.2. The summed E-state index contributed by atoms with van der Waals surface area (Å²) in [7, 11) is -3.44. The van der Waals surface area contributed by atoms with Crippen molar-refractivity contribution in [1.29, 1.82) is 5.26 Å². The fourth-order valence-corrected chi connectivity index (χ4v) is 4.91. The number of hydrogen-bond acceptors (Lipinski definition) is 7. The van der Waals surface area contributed by atoms with Crippen LogP contribution in [0.25, 0.3) is 0 Å². The summed E-state index contributed by atoms with van der Waals surface area (Å²) < 4.78 is 30.9. The number of ether oxygens (including phenoxy) is 1. The highest BCUT2D eigenvalue weighted by molar-refractivity contribution is 7.91. The van der Waals surface area contributed by atoms with Crippen LogP contribution in [-0.4, -0.2) is 37.1 Å². The summed E-state index contributed by atoms with van der Waals surface area (Å²) in [5.41, 5.74) is 4.63. The van der Waals surface area contributed by atoms with Crippen LogP contribution in [0.2, 0.25) is 5.02 Å². The van der Waals surface area contributed by atoms with Gasteiger partial charge in [-0.15, -0.1) is 11.6 Å². The standard InChI is InChI=1S/C25H25Cl2N5O3S/c1-25(2,19-10-16(12-28)23(21(27)11-19)35-9-8-26)18-4-6-20(7-5-18)32-14-17-13-29-24(30-22(17)15-32)31-36(3,33)34/h4-7,10-11,13H,8-9,14-15H2,1-3H3,(H,29,30,31). The number of alkyl halides is 1. The second kappa shape index (κ2) is 10.1. The van der Waals surface area contributed by atoms with Crippen LogP contribution in [0, 0.1) is 11.3 Å². The molecule has 8 nitrogen and oxygen atoms in total. The average Bonchev–Trinajstić information content (AvgIpc) is 3.25. The zero-order valence-corrected chi connectivity index (χ0v) is 22.4. The molecule has 0 amide bonds. The van der Waals surface area contributed by atoms with Gasteiger partial charge in [-0.1, -0.05) is 37.6 Å². The highest BCUT2D eigenvalue weighted by atomic mass is 35.5. The maximum absolute atomic E-state index is 11.5. The number of benzene rings is 2. The second-order valence-electron chi connectivity index (χ2n) is 9.05. The molecular weight excluding hydrogens is 521 g/mol. The Morgan fingerprint density at radius 1 is 1.19 bits per heavy atom. The Balaban J connectivity index is 1.55. The van der Waals surface area contributed by atoms with Gasteiger partial charge in [-0.2, -0.15) is 5.26 Å². The minimum absolute atomic E-state index is 0.0738. The van der Waals surface area contributed by atoms with Gasteiger partial charge in [-0.3, -0.25) is 4.72 Å². The van der Waals surface area contributed by atoms with Gasteiger partial charge in [0.1, 0.15) is 12.7 Å². The van der Waals surface area contributed by atoms with Crippen molar-refractivity contribution in [2.24, 2.45) is 0 Å². The van der Waals surface area contributed by atoms with Crippen LogP contribution in [0.1, 0.15) is 41.8 Å². The number of aromatic nitrogens is 2. The molecule has 0 saturated heterocycles. The summed E-state index contributed by atoms with van der Waals surface area (Å²) in [5, 5.41) is 10.0. The maximum atomic E-state index is 11.5. The lowest BCUT2D eigenvalue weighted by atomic mass is 9.77. The van der Waals surface area contributed by atoms with Gasteiger partial charge in [0.25, 0.3) is 0 Å². The molecule has 1 aromatic heterocycles. The van der Waals surface area contributed by atoms with Crippen LogP contribution in [0.15, 0.2) is 42.6 Å². The van der Waals surface area contributed by atoms with Gasteiger partial charge >= 0.3 is 0 Å². The molecule has 1 aliphatic rings. The van der Waals surface area contributed by atoms with Gasteiger partial charge in [-0.05, 0) is 35.4 Å². The lowest BCUT2D eigenvalue weighted by Gasteiger charge is -2.28. The third kappa shape index (κ3) is 5.51. The van der Waals surface area contributed by atoms with E-state index in [0.717, 1.165) is 34.3 Å². The normalized spacial score (nSPS) is 13.3. The van der Waals surface area contributed by atoms with Gasteiger partial charge < -0.3 is 9.64 Å². The van der Waals surface area contributed by atoms with Crippen LogP contribution in [0.4, 0.5) is 11.6 Å². The summed E-state index contributed by atoms with van der Waals surface area (Å²) in [4.78, 5) is 10.6. The van der Waals surface area contributed by atoms with E-state index >= 15 is 0 Å². The topological polar surface area (TPSA) is 108 Å². The molecule has 0 bridgehead atoms. The molecule has 11 heteroatoms. The van der Waals surface area contributed by atoms with Crippen molar-refractivity contribution in [3.8, 4) is 11.8 Å². The first-order valence-corrected chi connectivity index (χ1v) is 13.9. The zero-order valence-electron chi connectivity index (χ0n) is 20.0.